The molecule has 120 valence electrons. The number of rotatable bonds is 6. The molecule has 3 aromatic rings. The van der Waals surface area contributed by atoms with E-state index in [-0.39, 0.29) is 0 Å². The van der Waals surface area contributed by atoms with Crippen molar-refractivity contribution in [2.45, 2.75) is 26.1 Å². The number of benzene rings is 1. The van der Waals surface area contributed by atoms with Gasteiger partial charge in [0.2, 0.25) is 0 Å². The van der Waals surface area contributed by atoms with Gasteiger partial charge in [0.1, 0.15) is 18.1 Å². The van der Waals surface area contributed by atoms with Gasteiger partial charge >= 0.3 is 0 Å². The van der Waals surface area contributed by atoms with Gasteiger partial charge in [0.15, 0.2) is 5.82 Å². The normalized spacial score (nSPS) is 12.3. The maximum atomic E-state index is 9.77. The molecule has 0 spiro atoms. The molecular weight excluding hydrogens is 294 g/mol. The van der Waals surface area contributed by atoms with Crippen molar-refractivity contribution < 1.29 is 9.84 Å². The first-order chi connectivity index (χ1) is 11.2. The van der Waals surface area contributed by atoms with E-state index in [1.165, 1.54) is 0 Å². The highest BCUT2D eigenvalue weighted by Crippen LogP contribution is 2.20. The number of aryl methyl sites for hydroxylation is 1. The first-order valence-electron chi connectivity index (χ1n) is 7.48. The lowest BCUT2D eigenvalue weighted by atomic mass is 10.1. The minimum atomic E-state index is -0.428. The van der Waals surface area contributed by atoms with E-state index in [1.807, 2.05) is 50.5 Å². The molecule has 0 bridgehead atoms. The minimum Gasteiger partial charge on any atom is -0.487 e. The molecule has 2 heterocycles. The van der Waals surface area contributed by atoms with Gasteiger partial charge in [-0.15, -0.1) is 5.10 Å². The van der Waals surface area contributed by atoms with Gasteiger partial charge in [-0.25, -0.2) is 4.68 Å². The van der Waals surface area contributed by atoms with Crippen LogP contribution in [0.4, 0.5) is 0 Å². The lowest BCUT2D eigenvalue weighted by Crippen LogP contribution is -1.98. The van der Waals surface area contributed by atoms with Crippen molar-refractivity contribution in [2.75, 3.05) is 0 Å². The third kappa shape index (κ3) is 3.57. The van der Waals surface area contributed by atoms with Crippen molar-refractivity contribution >= 4 is 0 Å². The maximum Gasteiger partial charge on any atom is 0.176 e. The Kier molecular flexibility index (Phi) is 4.38. The molecule has 2 aromatic heterocycles. The van der Waals surface area contributed by atoms with E-state index < -0.39 is 6.10 Å². The predicted octanol–water partition coefficient (Wildman–Crippen LogP) is 2.02. The van der Waals surface area contributed by atoms with Crippen LogP contribution >= 0.6 is 0 Å². The van der Waals surface area contributed by atoms with Gasteiger partial charge in [-0.1, -0.05) is 24.3 Å². The standard InChI is InChI=1S/C16H19N5O2/c1-3-15(22)12-4-6-14(7-5-12)23-11-13-10-21(19-17-13)16-8-9-20(2)18-16/h4-10,15,22H,3,11H2,1-2H3. The highest BCUT2D eigenvalue weighted by atomic mass is 16.5. The molecule has 0 radical (unpaired) electrons. The molecule has 23 heavy (non-hydrogen) atoms. The van der Waals surface area contributed by atoms with E-state index in [9.17, 15) is 5.11 Å². The van der Waals surface area contributed by atoms with Crippen molar-refractivity contribution in [3.05, 3.63) is 54.0 Å². The molecule has 0 saturated heterocycles. The smallest absolute Gasteiger partial charge is 0.176 e. The number of aliphatic hydroxyl groups excluding tert-OH is 1. The summed E-state index contributed by atoms with van der Waals surface area (Å²) in [4.78, 5) is 0. The van der Waals surface area contributed by atoms with Gasteiger partial charge in [0, 0.05) is 19.3 Å². The van der Waals surface area contributed by atoms with Gasteiger partial charge in [0.05, 0.1) is 12.3 Å². The number of hydrogen-bond donors (Lipinski definition) is 1. The molecule has 0 saturated carbocycles. The number of hydrogen-bond acceptors (Lipinski definition) is 5. The first kappa shape index (κ1) is 15.2. The Labute approximate surface area is 134 Å². The van der Waals surface area contributed by atoms with Gasteiger partial charge in [0.25, 0.3) is 0 Å². The largest absolute Gasteiger partial charge is 0.487 e. The fourth-order valence-corrected chi connectivity index (χ4v) is 2.18. The summed E-state index contributed by atoms with van der Waals surface area (Å²) in [7, 11) is 1.85. The molecule has 0 amide bonds. The van der Waals surface area contributed by atoms with Crippen LogP contribution in [0.1, 0.15) is 30.7 Å². The Morgan fingerprint density at radius 2 is 2.00 bits per heavy atom. The number of aliphatic hydroxyl groups is 1. The summed E-state index contributed by atoms with van der Waals surface area (Å²) in [6.45, 7) is 2.27. The number of nitrogens with zero attached hydrogens (tertiary/aromatic N) is 5. The second kappa shape index (κ2) is 6.62. The Morgan fingerprint density at radius 3 is 2.65 bits per heavy atom. The van der Waals surface area contributed by atoms with Gasteiger partial charge in [-0.2, -0.15) is 5.10 Å². The first-order valence-corrected chi connectivity index (χ1v) is 7.48. The van der Waals surface area contributed by atoms with E-state index in [2.05, 4.69) is 15.4 Å². The van der Waals surface area contributed by atoms with Gasteiger partial charge in [-0.3, -0.25) is 4.68 Å². The Morgan fingerprint density at radius 1 is 1.22 bits per heavy atom. The monoisotopic (exact) mass is 313 g/mol. The fourth-order valence-electron chi connectivity index (χ4n) is 2.18. The summed E-state index contributed by atoms with van der Waals surface area (Å²) in [6, 6.07) is 9.29. The predicted molar refractivity (Wildman–Crippen MR) is 84.1 cm³/mol. The Balaban J connectivity index is 1.61. The maximum absolute atomic E-state index is 9.77. The van der Waals surface area contributed by atoms with Crippen molar-refractivity contribution in [2.24, 2.45) is 7.05 Å². The molecule has 7 heteroatoms. The molecule has 0 aliphatic carbocycles. The molecule has 0 aliphatic heterocycles. The summed E-state index contributed by atoms with van der Waals surface area (Å²) < 4.78 is 9.01. The van der Waals surface area contributed by atoms with Crippen molar-refractivity contribution in [1.29, 1.82) is 0 Å². The number of ether oxygens (including phenoxy) is 1. The molecule has 1 N–H and O–H groups in total. The van der Waals surface area contributed by atoms with Crippen LogP contribution in [0.15, 0.2) is 42.7 Å². The second-order valence-corrected chi connectivity index (χ2v) is 5.28. The second-order valence-electron chi connectivity index (χ2n) is 5.28. The molecule has 3 rings (SSSR count). The summed E-state index contributed by atoms with van der Waals surface area (Å²) in [6.07, 6.45) is 3.90. The van der Waals surface area contributed by atoms with Crippen LogP contribution in [-0.2, 0) is 13.7 Å². The average molecular weight is 313 g/mol. The molecule has 1 atom stereocenters. The van der Waals surface area contributed by atoms with E-state index in [0.717, 1.165) is 11.3 Å². The molecule has 1 unspecified atom stereocenters. The van der Waals surface area contributed by atoms with Gasteiger partial charge < -0.3 is 9.84 Å². The average Bonchev–Trinajstić information content (AvgIpc) is 3.21. The zero-order chi connectivity index (χ0) is 16.2. The van der Waals surface area contributed by atoms with E-state index >= 15 is 0 Å². The highest BCUT2D eigenvalue weighted by molar-refractivity contribution is 5.28. The summed E-state index contributed by atoms with van der Waals surface area (Å²) in [5.41, 5.74) is 1.61. The van der Waals surface area contributed by atoms with Crippen molar-refractivity contribution in [1.82, 2.24) is 24.8 Å². The third-order valence-electron chi connectivity index (χ3n) is 3.51. The van der Waals surface area contributed by atoms with E-state index in [4.69, 9.17) is 4.74 Å². The zero-order valence-electron chi connectivity index (χ0n) is 13.1. The fraction of sp³-hybridized carbons (Fsp3) is 0.312. The molecule has 0 aliphatic rings. The van der Waals surface area contributed by atoms with Crippen LogP contribution in [0.3, 0.4) is 0 Å². The van der Waals surface area contributed by atoms with Crippen molar-refractivity contribution in [3.8, 4) is 11.6 Å². The zero-order valence-corrected chi connectivity index (χ0v) is 13.1. The van der Waals surface area contributed by atoms with Gasteiger partial charge in [-0.05, 0) is 24.1 Å². The van der Waals surface area contributed by atoms with Crippen molar-refractivity contribution in [3.63, 3.8) is 0 Å². The minimum absolute atomic E-state index is 0.322. The van der Waals surface area contributed by atoms with Crippen LogP contribution < -0.4 is 4.74 Å². The van der Waals surface area contributed by atoms with Crippen LogP contribution in [0.2, 0.25) is 0 Å². The third-order valence-corrected chi connectivity index (χ3v) is 3.51. The summed E-state index contributed by atoms with van der Waals surface area (Å²) in [5, 5.41) is 22.1. The lowest BCUT2D eigenvalue weighted by molar-refractivity contribution is 0.173. The highest BCUT2D eigenvalue weighted by Gasteiger charge is 2.07. The van der Waals surface area contributed by atoms with Crippen LogP contribution in [0.5, 0.6) is 5.75 Å². The van der Waals surface area contributed by atoms with E-state index in [0.29, 0.717) is 24.5 Å². The van der Waals surface area contributed by atoms with Crippen LogP contribution in [-0.4, -0.2) is 29.9 Å². The molecular formula is C16H19N5O2. The topological polar surface area (TPSA) is 78.0 Å². The van der Waals surface area contributed by atoms with Crippen LogP contribution in [0, 0.1) is 0 Å². The lowest BCUT2D eigenvalue weighted by Gasteiger charge is -2.09. The van der Waals surface area contributed by atoms with E-state index in [1.54, 1.807) is 15.6 Å². The molecule has 7 nitrogen and oxygen atoms in total. The molecule has 1 aromatic carbocycles. The van der Waals surface area contributed by atoms with Crippen LogP contribution in [0.25, 0.3) is 5.82 Å². The quantitative estimate of drug-likeness (QED) is 0.753. The molecule has 0 fully saturated rings. The summed E-state index contributed by atoms with van der Waals surface area (Å²) in [5.74, 6) is 1.44. The Hall–Kier alpha value is -2.67. The summed E-state index contributed by atoms with van der Waals surface area (Å²) >= 11 is 0. The number of aromatic nitrogens is 5. The Bertz CT molecular complexity index is 763. The SMILES string of the molecule is CCC(O)c1ccc(OCc2cn(-c3ccn(C)n3)nn2)cc1.